The van der Waals surface area contributed by atoms with Crippen LogP contribution in [0, 0.1) is 0 Å². The first-order valence-electron chi connectivity index (χ1n) is 0.617. The second-order valence-corrected chi connectivity index (χ2v) is 64.9. The molecule has 0 nitrogen and oxygen atoms in total. The van der Waals surface area contributed by atoms with Crippen LogP contribution in [0.15, 0.2) is 0 Å². The van der Waals surface area contributed by atoms with E-state index < -0.39 is -0.0525 Å². The fourth-order valence-corrected chi connectivity index (χ4v) is 0. The molecule has 5 heteroatoms. The topological polar surface area (TPSA) is 0 Å². The summed E-state index contributed by atoms with van der Waals surface area (Å²) in [6, 6.07) is 0. The summed E-state index contributed by atoms with van der Waals surface area (Å²) in [4.78, 5) is 0. The van der Waals surface area contributed by atoms with E-state index in [0.717, 1.165) is 0 Å². The van der Waals surface area contributed by atoms with Gasteiger partial charge in [-0.25, -0.2) is 0 Å². The maximum atomic E-state index is 2.49. The average Bonchev–Trinajstić information content (AvgIpc) is 0.722. The quantitative estimate of drug-likeness (QED) is 0.399. The Morgan fingerprint density at radius 1 is 0.800 bits per heavy atom. The van der Waals surface area contributed by atoms with Gasteiger partial charge in [0.05, 0.1) is 0 Å². The molecule has 0 saturated carbocycles. The molecule has 0 spiro atoms. The normalized spacial score (nSPS) is 15.2. The summed E-state index contributed by atoms with van der Waals surface area (Å²) in [6.07, 6.45) is 0. The van der Waals surface area contributed by atoms with Crippen LogP contribution < -0.4 is 0 Å². The van der Waals surface area contributed by atoms with Crippen molar-refractivity contribution in [3.63, 3.8) is 0 Å². The van der Waals surface area contributed by atoms with E-state index in [9.17, 15) is 0 Å². The zero-order valence-electron chi connectivity index (χ0n) is 1.92. The fraction of sp³-hybridized carbons (Fsp3) is 0. The Morgan fingerprint density at radius 3 is 0.800 bits per heavy atom. The van der Waals surface area contributed by atoms with Gasteiger partial charge in [-0.1, -0.05) is 0 Å². The number of halogens is 4. The van der Waals surface area contributed by atoms with Crippen molar-refractivity contribution in [2.24, 2.45) is 0 Å². The van der Waals surface area contributed by atoms with Crippen molar-refractivity contribution in [1.29, 1.82) is 0 Å². The van der Waals surface area contributed by atoms with Gasteiger partial charge in [-0.05, 0) is 0 Å². The molecule has 0 fully saturated rings. The monoisotopic (exact) mass is 560 g/mol. The molecule has 0 aromatic carbocycles. The molecule has 5 heavy (non-hydrogen) atoms. The summed E-state index contributed by atoms with van der Waals surface area (Å²) >= 11 is 9.98. The van der Waals surface area contributed by atoms with Crippen LogP contribution >= 0.6 is 81.1 Å². The van der Waals surface area contributed by atoms with Gasteiger partial charge in [-0.2, -0.15) is 0 Å². The van der Waals surface area contributed by atoms with Crippen molar-refractivity contribution in [2.45, 2.75) is 0 Å². The van der Waals surface area contributed by atoms with E-state index in [4.69, 9.17) is 0 Å². The van der Waals surface area contributed by atoms with E-state index in [1.54, 1.807) is 0 Å². The van der Waals surface area contributed by atoms with E-state index in [0.29, 0.717) is 0 Å². The Bertz CT molecular complexity index is 19.1. The molecule has 0 unspecified atom stereocenters. The number of hydrogen-bond acceptors (Lipinski definition) is 0. The van der Waals surface area contributed by atoms with Crippen LogP contribution in [0.3, 0.4) is 0 Å². The summed E-state index contributed by atoms with van der Waals surface area (Å²) in [5, 5.41) is 0. The average molecular weight is 560 g/mol. The number of hydrogen-bond donors (Lipinski definition) is 0. The third kappa shape index (κ3) is 18.6. The molecule has 0 heterocycles. The molecule has 0 bridgehead atoms. The molecule has 0 aliphatic carbocycles. The van der Waals surface area contributed by atoms with Crippen LogP contribution in [-0.2, 0) is -0.0525 Å². The fourth-order valence-electron chi connectivity index (χ4n) is 0. The molecule has 0 aromatic rings. The second-order valence-electron chi connectivity index (χ2n) is 0.350. The summed E-state index contributed by atoms with van der Waals surface area (Å²) < 4.78 is -0.870. The Balaban J connectivity index is 3.02. The van der Waals surface area contributed by atoms with Crippen molar-refractivity contribution in [3.8, 4) is 0 Å². The predicted octanol–water partition coefficient (Wildman–Crippen LogP) is 3.54. The van der Waals surface area contributed by atoms with Gasteiger partial charge in [-0.15, -0.1) is 0 Å². The van der Waals surface area contributed by atoms with Gasteiger partial charge >= 0.3 is 81.0 Å². The number of rotatable bonds is 0. The summed E-state index contributed by atoms with van der Waals surface area (Å²) in [5.41, 5.74) is 0. The minimum atomic E-state index is -0.870. The van der Waals surface area contributed by atoms with Crippen molar-refractivity contribution in [1.82, 2.24) is 0 Å². The summed E-state index contributed by atoms with van der Waals surface area (Å²) in [6.45, 7) is 0. The van der Waals surface area contributed by atoms with Crippen molar-refractivity contribution in [2.75, 3.05) is 0 Å². The molecule has 0 saturated heterocycles. The van der Waals surface area contributed by atoms with Crippen LogP contribution in [0.25, 0.3) is 0 Å². The maximum absolute atomic E-state index is 2.49. The SMILES string of the molecule is [I][Cr]([I])([I])[I]. The first kappa shape index (κ1) is 8.45. The Labute approximate surface area is 78.6 Å². The molecule has 0 aliphatic rings. The van der Waals surface area contributed by atoms with Gasteiger partial charge in [0.25, 0.3) is 0 Å². The third-order valence-corrected chi connectivity index (χ3v) is 0. The first-order chi connectivity index (χ1) is 2.00. The second kappa shape index (κ2) is 3.47. The molecule has 0 atom stereocenters. The molecule has 0 aromatic heterocycles. The van der Waals surface area contributed by atoms with Crippen LogP contribution in [0.4, 0.5) is 0 Å². The third-order valence-electron chi connectivity index (χ3n) is 0. The Kier molecular flexibility index (Phi) is 5.87. The van der Waals surface area contributed by atoms with Crippen LogP contribution in [-0.4, -0.2) is 0 Å². The standard InChI is InChI=1S/Cr.4HI/h;4*1H/q+4;;;;/p-4. The van der Waals surface area contributed by atoms with Gasteiger partial charge in [0.15, 0.2) is 0 Å². The zero-order valence-corrected chi connectivity index (χ0v) is 11.8. The van der Waals surface area contributed by atoms with E-state index in [-0.39, 0.29) is 0 Å². The molecule has 0 amide bonds. The van der Waals surface area contributed by atoms with Gasteiger partial charge in [-0.3, -0.25) is 0 Å². The molecule has 0 N–H and O–H groups in total. The first-order valence-corrected chi connectivity index (χ1v) is 17.1. The van der Waals surface area contributed by atoms with Crippen molar-refractivity contribution >= 4 is 81.1 Å². The molecular weight excluding hydrogens is 560 g/mol. The van der Waals surface area contributed by atoms with Gasteiger partial charge in [0.1, 0.15) is 0 Å². The van der Waals surface area contributed by atoms with Gasteiger partial charge in [0, 0.05) is 0 Å². The molecule has 0 radical (unpaired) electrons. The Morgan fingerprint density at radius 2 is 0.800 bits per heavy atom. The predicted molar refractivity (Wildman–Crippen MR) is 56.1 cm³/mol. The van der Waals surface area contributed by atoms with Crippen molar-refractivity contribution < 1.29 is -0.0525 Å². The molecule has 0 aliphatic heterocycles. The van der Waals surface area contributed by atoms with Crippen LogP contribution in [0.2, 0.25) is 0 Å². The Hall–Kier alpha value is 3.45. The van der Waals surface area contributed by atoms with Gasteiger partial charge < -0.3 is 0 Å². The van der Waals surface area contributed by atoms with E-state index in [2.05, 4.69) is 81.1 Å². The summed E-state index contributed by atoms with van der Waals surface area (Å²) in [5.74, 6) is 0. The zero-order chi connectivity index (χ0) is 4.50. The van der Waals surface area contributed by atoms with E-state index in [1.165, 1.54) is 0 Å². The van der Waals surface area contributed by atoms with E-state index >= 15 is 0 Å². The molecule has 0 rings (SSSR count). The molecular formula is CrI4. The van der Waals surface area contributed by atoms with Crippen LogP contribution in [0.1, 0.15) is 0 Å². The summed E-state index contributed by atoms with van der Waals surface area (Å²) in [7, 11) is 0. The van der Waals surface area contributed by atoms with E-state index in [1.807, 2.05) is 0 Å². The van der Waals surface area contributed by atoms with Gasteiger partial charge in [0.2, 0.25) is 0 Å². The van der Waals surface area contributed by atoms with Crippen molar-refractivity contribution in [3.05, 3.63) is 0 Å². The molecule has 34 valence electrons. The minimum absolute atomic E-state index is 0.870. The van der Waals surface area contributed by atoms with Crippen LogP contribution in [0.5, 0.6) is 0 Å².